The first kappa shape index (κ1) is 19.3. The summed E-state index contributed by atoms with van der Waals surface area (Å²) >= 11 is 1.43. The smallest absolute Gasteiger partial charge is 0.258 e. The van der Waals surface area contributed by atoms with Crippen LogP contribution in [0.4, 0.5) is 0 Å². The number of rotatable bonds is 4. The van der Waals surface area contributed by atoms with Gasteiger partial charge in [-0.05, 0) is 55.0 Å². The van der Waals surface area contributed by atoms with E-state index in [0.29, 0.717) is 41.0 Å². The van der Waals surface area contributed by atoms with Crippen LogP contribution in [0.25, 0.3) is 17.2 Å². The molecule has 1 aliphatic rings. The average Bonchev–Trinajstić information content (AvgIpc) is 3.28. The van der Waals surface area contributed by atoms with E-state index in [0.717, 1.165) is 12.0 Å². The molecule has 148 valence electrons. The molecular formula is C22H21N3O3S. The summed E-state index contributed by atoms with van der Waals surface area (Å²) < 4.78 is 5.40. The van der Waals surface area contributed by atoms with Crippen LogP contribution in [0.3, 0.4) is 0 Å². The molecule has 0 fully saturated rings. The van der Waals surface area contributed by atoms with Crippen molar-refractivity contribution in [3.8, 4) is 17.3 Å². The molecule has 1 aromatic carbocycles. The Kier molecular flexibility index (Phi) is 5.40. The fourth-order valence-electron chi connectivity index (χ4n) is 3.41. The fraction of sp³-hybridized carbons (Fsp3) is 0.227. The maximum absolute atomic E-state index is 13.2. The van der Waals surface area contributed by atoms with Crippen LogP contribution in [0.1, 0.15) is 28.0 Å². The minimum Gasteiger partial charge on any atom is -0.508 e. The second-order valence-electron chi connectivity index (χ2n) is 6.77. The molecule has 0 bridgehead atoms. The molecule has 1 N–H and O–H groups in total. The Morgan fingerprint density at radius 2 is 2.00 bits per heavy atom. The van der Waals surface area contributed by atoms with Crippen molar-refractivity contribution in [3.05, 3.63) is 65.6 Å². The van der Waals surface area contributed by atoms with E-state index in [9.17, 15) is 9.90 Å². The Hall–Kier alpha value is -3.06. The van der Waals surface area contributed by atoms with Gasteiger partial charge in [0.05, 0.1) is 17.5 Å². The second kappa shape index (κ2) is 8.13. The normalized spacial score (nSPS) is 14.0. The topological polar surface area (TPSA) is 79.5 Å². The van der Waals surface area contributed by atoms with Crippen molar-refractivity contribution in [2.24, 2.45) is 0 Å². The van der Waals surface area contributed by atoms with Crippen LogP contribution in [-0.4, -0.2) is 45.2 Å². The number of benzene rings is 1. The molecule has 3 aromatic rings. The zero-order valence-corrected chi connectivity index (χ0v) is 17.1. The Morgan fingerprint density at radius 1 is 1.21 bits per heavy atom. The second-order valence-corrected chi connectivity index (χ2v) is 7.57. The molecule has 0 spiro atoms. The SMILES string of the molecule is CSc1nc(-c2ccco2)nc(C)c1C(=O)N1CC=C(c2ccc(O)cc2)CC1. The molecule has 0 aliphatic carbocycles. The molecular weight excluding hydrogens is 386 g/mol. The predicted molar refractivity (Wildman–Crippen MR) is 113 cm³/mol. The monoisotopic (exact) mass is 407 g/mol. The molecule has 0 saturated heterocycles. The minimum atomic E-state index is -0.0566. The number of thioether (sulfide) groups is 1. The molecule has 29 heavy (non-hydrogen) atoms. The van der Waals surface area contributed by atoms with Crippen LogP contribution >= 0.6 is 11.8 Å². The summed E-state index contributed by atoms with van der Waals surface area (Å²) in [6.07, 6.45) is 6.32. The van der Waals surface area contributed by atoms with E-state index in [1.54, 1.807) is 30.5 Å². The van der Waals surface area contributed by atoms with Crippen LogP contribution in [0, 0.1) is 6.92 Å². The summed E-state index contributed by atoms with van der Waals surface area (Å²) in [6.45, 7) is 2.99. The van der Waals surface area contributed by atoms with Crippen molar-refractivity contribution in [2.75, 3.05) is 19.3 Å². The van der Waals surface area contributed by atoms with Crippen molar-refractivity contribution >= 4 is 23.2 Å². The first-order valence-electron chi connectivity index (χ1n) is 9.31. The number of furan rings is 1. The van der Waals surface area contributed by atoms with Crippen molar-refractivity contribution in [1.29, 1.82) is 0 Å². The molecule has 0 radical (unpaired) electrons. The first-order valence-corrected chi connectivity index (χ1v) is 10.5. The molecule has 1 amide bonds. The van der Waals surface area contributed by atoms with Gasteiger partial charge in [-0.15, -0.1) is 11.8 Å². The Morgan fingerprint density at radius 3 is 2.62 bits per heavy atom. The Balaban J connectivity index is 1.58. The summed E-state index contributed by atoms with van der Waals surface area (Å²) in [5, 5.41) is 10.1. The number of phenols is 1. The van der Waals surface area contributed by atoms with Gasteiger partial charge in [0.1, 0.15) is 10.8 Å². The summed E-state index contributed by atoms with van der Waals surface area (Å²) in [5.41, 5.74) is 3.45. The number of carbonyl (C=O) groups is 1. The van der Waals surface area contributed by atoms with E-state index in [2.05, 4.69) is 16.0 Å². The Labute approximate surface area is 173 Å². The zero-order chi connectivity index (χ0) is 20.4. The van der Waals surface area contributed by atoms with Crippen LogP contribution in [0.2, 0.25) is 0 Å². The van der Waals surface area contributed by atoms with Gasteiger partial charge in [-0.2, -0.15) is 0 Å². The number of carbonyl (C=O) groups excluding carboxylic acids is 1. The highest BCUT2D eigenvalue weighted by molar-refractivity contribution is 7.98. The predicted octanol–water partition coefficient (Wildman–Crippen LogP) is 4.40. The molecule has 0 saturated carbocycles. The lowest BCUT2D eigenvalue weighted by molar-refractivity contribution is 0.0767. The number of nitrogens with zero attached hydrogens (tertiary/aromatic N) is 3. The lowest BCUT2D eigenvalue weighted by Crippen LogP contribution is -2.35. The van der Waals surface area contributed by atoms with Crippen LogP contribution in [-0.2, 0) is 0 Å². The van der Waals surface area contributed by atoms with Gasteiger partial charge in [-0.3, -0.25) is 4.79 Å². The van der Waals surface area contributed by atoms with Crippen molar-refractivity contribution in [3.63, 3.8) is 0 Å². The molecule has 3 heterocycles. The van der Waals surface area contributed by atoms with Gasteiger partial charge in [-0.25, -0.2) is 9.97 Å². The van der Waals surface area contributed by atoms with E-state index < -0.39 is 0 Å². The van der Waals surface area contributed by atoms with Gasteiger partial charge in [0.25, 0.3) is 5.91 Å². The molecule has 1 aliphatic heterocycles. The van der Waals surface area contributed by atoms with Gasteiger partial charge in [0.15, 0.2) is 11.6 Å². The summed E-state index contributed by atoms with van der Waals surface area (Å²) in [4.78, 5) is 24.1. The third kappa shape index (κ3) is 3.91. The van der Waals surface area contributed by atoms with Gasteiger partial charge in [0.2, 0.25) is 0 Å². The van der Waals surface area contributed by atoms with Crippen LogP contribution in [0.5, 0.6) is 5.75 Å². The van der Waals surface area contributed by atoms with Crippen molar-refractivity contribution in [1.82, 2.24) is 14.9 Å². The van der Waals surface area contributed by atoms with E-state index >= 15 is 0 Å². The molecule has 2 aromatic heterocycles. The first-order chi connectivity index (χ1) is 14.1. The molecule has 4 rings (SSSR count). The Bertz CT molecular complexity index is 1060. The van der Waals surface area contributed by atoms with Crippen molar-refractivity contribution in [2.45, 2.75) is 18.4 Å². The highest BCUT2D eigenvalue weighted by Crippen LogP contribution is 2.29. The number of amides is 1. The van der Waals surface area contributed by atoms with E-state index in [1.165, 1.54) is 17.3 Å². The summed E-state index contributed by atoms with van der Waals surface area (Å²) in [7, 11) is 0. The van der Waals surface area contributed by atoms with Crippen LogP contribution < -0.4 is 0 Å². The average molecular weight is 407 g/mol. The summed E-state index contributed by atoms with van der Waals surface area (Å²) in [5.74, 6) is 1.27. The fourth-order valence-corrected chi connectivity index (χ4v) is 4.02. The number of aromatic nitrogens is 2. The number of hydrogen-bond acceptors (Lipinski definition) is 6. The quantitative estimate of drug-likeness (QED) is 0.510. The third-order valence-electron chi connectivity index (χ3n) is 4.94. The molecule has 6 nitrogen and oxygen atoms in total. The lowest BCUT2D eigenvalue weighted by Gasteiger charge is -2.27. The standard InChI is InChI=1S/C22H21N3O3S/c1-14-19(21(29-2)24-20(23-14)18-4-3-13-28-18)22(27)25-11-9-16(10-12-25)15-5-7-17(26)8-6-15/h3-9,13,26H,10-12H2,1-2H3. The number of aromatic hydroxyl groups is 1. The molecule has 0 atom stereocenters. The maximum atomic E-state index is 13.2. The minimum absolute atomic E-state index is 0.0566. The lowest BCUT2D eigenvalue weighted by atomic mass is 9.99. The van der Waals surface area contributed by atoms with Gasteiger partial charge in [-0.1, -0.05) is 18.2 Å². The van der Waals surface area contributed by atoms with E-state index in [1.807, 2.05) is 30.2 Å². The number of phenolic OH excluding ortho intramolecular Hbond substituents is 1. The highest BCUT2D eigenvalue weighted by Gasteiger charge is 2.25. The number of aryl methyl sites for hydroxylation is 1. The van der Waals surface area contributed by atoms with E-state index in [-0.39, 0.29) is 11.7 Å². The highest BCUT2D eigenvalue weighted by atomic mass is 32.2. The van der Waals surface area contributed by atoms with Crippen molar-refractivity contribution < 1.29 is 14.3 Å². The van der Waals surface area contributed by atoms with Gasteiger partial charge >= 0.3 is 0 Å². The summed E-state index contributed by atoms with van der Waals surface area (Å²) in [6, 6.07) is 10.8. The van der Waals surface area contributed by atoms with Gasteiger partial charge in [0, 0.05) is 13.1 Å². The maximum Gasteiger partial charge on any atom is 0.258 e. The van der Waals surface area contributed by atoms with Crippen LogP contribution in [0.15, 0.2) is 58.2 Å². The third-order valence-corrected chi connectivity index (χ3v) is 5.62. The van der Waals surface area contributed by atoms with Gasteiger partial charge < -0.3 is 14.4 Å². The van der Waals surface area contributed by atoms with E-state index in [4.69, 9.17) is 4.42 Å². The molecule has 7 heteroatoms. The zero-order valence-electron chi connectivity index (χ0n) is 16.3. The number of hydrogen-bond donors (Lipinski definition) is 1. The largest absolute Gasteiger partial charge is 0.508 e. The molecule has 0 unspecified atom stereocenters.